The molecule has 3 N–H and O–H groups in total. The molecule has 154 valence electrons. The topological polar surface area (TPSA) is 95.7 Å². The zero-order valence-electron chi connectivity index (χ0n) is 15.9. The zero-order chi connectivity index (χ0) is 19.8. The maximum Gasteiger partial charge on any atom is 0.251 e. The average Bonchev–Trinajstić information content (AvgIpc) is 3.13. The second-order valence-electron chi connectivity index (χ2n) is 6.01. The van der Waals surface area contributed by atoms with Crippen LogP contribution in [0.1, 0.15) is 22.6 Å². The molecule has 0 fully saturated rings. The molecule has 3 rings (SSSR count). The quantitative estimate of drug-likeness (QED) is 0.175. The second kappa shape index (κ2) is 11.7. The Kier molecular flexibility index (Phi) is 9.32. The molecule has 29 heavy (non-hydrogen) atoms. The van der Waals surface area contributed by atoms with Gasteiger partial charge in [-0.2, -0.15) is 0 Å². The van der Waals surface area contributed by atoms with E-state index in [1.807, 2.05) is 40.9 Å². The van der Waals surface area contributed by atoms with Crippen molar-refractivity contribution in [3.05, 3.63) is 64.5 Å². The highest BCUT2D eigenvalue weighted by Crippen LogP contribution is 2.10. The average molecular weight is 572 g/mol. The van der Waals surface area contributed by atoms with E-state index in [1.165, 1.54) is 0 Å². The Morgan fingerprint density at radius 3 is 2.59 bits per heavy atom. The molecule has 1 amide bonds. The molecular weight excluding hydrogens is 549 g/mol. The van der Waals surface area contributed by atoms with Crippen LogP contribution in [0.5, 0.6) is 0 Å². The van der Waals surface area contributed by atoms with Crippen LogP contribution in [0.2, 0.25) is 0 Å². The number of nitrogens with one attached hydrogen (secondary N) is 3. The van der Waals surface area contributed by atoms with Gasteiger partial charge in [-0.15, -0.1) is 34.2 Å². The summed E-state index contributed by atoms with van der Waals surface area (Å²) in [7, 11) is 1.71. The van der Waals surface area contributed by atoms with Gasteiger partial charge in [0, 0.05) is 36.4 Å². The third-order valence-electron chi connectivity index (χ3n) is 4.06. The van der Waals surface area contributed by atoms with Gasteiger partial charge in [0.05, 0.1) is 6.54 Å². The third-order valence-corrected chi connectivity index (χ3v) is 4.59. The highest BCUT2D eigenvalue weighted by Gasteiger charge is 2.06. The Labute approximate surface area is 194 Å². The van der Waals surface area contributed by atoms with E-state index in [0.717, 1.165) is 22.4 Å². The van der Waals surface area contributed by atoms with Gasteiger partial charge in [0.25, 0.3) is 5.91 Å². The number of rotatable bonds is 7. The molecule has 0 unspecified atom stereocenters. The van der Waals surface area contributed by atoms with Gasteiger partial charge in [-0.25, -0.2) is 0 Å². The van der Waals surface area contributed by atoms with Crippen molar-refractivity contribution in [2.24, 2.45) is 4.99 Å². The summed E-state index contributed by atoms with van der Waals surface area (Å²) in [5, 5.41) is 17.7. The third kappa shape index (κ3) is 6.67. The highest BCUT2D eigenvalue weighted by molar-refractivity contribution is 14.0. The van der Waals surface area contributed by atoms with Crippen LogP contribution in [0.4, 0.5) is 0 Å². The number of pyridine rings is 1. The Balaban J connectivity index is 0.00000300. The summed E-state index contributed by atoms with van der Waals surface area (Å²) in [6, 6.07) is 13.1. The van der Waals surface area contributed by atoms with Crippen LogP contribution < -0.4 is 16.0 Å². The number of benzene rings is 1. The maximum atomic E-state index is 12.1. The van der Waals surface area contributed by atoms with Gasteiger partial charge in [-0.05, 0) is 42.8 Å². The van der Waals surface area contributed by atoms with Crippen LogP contribution in [0, 0.1) is 0 Å². The number of hydrogen-bond donors (Lipinski definition) is 3. The molecule has 0 aliphatic rings. The first-order chi connectivity index (χ1) is 13.7. The summed E-state index contributed by atoms with van der Waals surface area (Å²) in [5.74, 6) is 1.40. The lowest BCUT2D eigenvalue weighted by Gasteiger charge is -2.11. The lowest BCUT2D eigenvalue weighted by Crippen LogP contribution is -2.38. The lowest BCUT2D eigenvalue weighted by atomic mass is 10.2. The van der Waals surface area contributed by atoms with Crippen molar-refractivity contribution in [2.45, 2.75) is 13.0 Å². The lowest BCUT2D eigenvalue weighted by molar-refractivity contribution is 0.0953. The first-order valence-corrected chi connectivity index (χ1v) is 9.73. The number of hydrogen-bond acceptors (Lipinski definition) is 4. The summed E-state index contributed by atoms with van der Waals surface area (Å²) in [6.45, 7) is 1.76. The number of aliphatic imine (C=N–C) groups is 1. The molecule has 8 nitrogen and oxygen atoms in total. The Bertz CT molecular complexity index is 959. The van der Waals surface area contributed by atoms with Gasteiger partial charge in [0.15, 0.2) is 17.4 Å². The molecule has 0 aliphatic heterocycles. The Hall–Kier alpha value is -2.21. The van der Waals surface area contributed by atoms with Crippen molar-refractivity contribution in [3.8, 4) is 0 Å². The van der Waals surface area contributed by atoms with Crippen LogP contribution >= 0.6 is 39.9 Å². The van der Waals surface area contributed by atoms with Crippen molar-refractivity contribution >= 4 is 57.4 Å². The summed E-state index contributed by atoms with van der Waals surface area (Å²) < 4.78 is 2.88. The Morgan fingerprint density at radius 2 is 1.83 bits per heavy atom. The molecule has 0 bridgehead atoms. The normalized spacial score (nSPS) is 11.0. The molecule has 10 heteroatoms. The van der Waals surface area contributed by atoms with Crippen LogP contribution in [0.25, 0.3) is 5.65 Å². The van der Waals surface area contributed by atoms with Crippen molar-refractivity contribution in [1.29, 1.82) is 0 Å². The minimum atomic E-state index is -0.0753. The number of aromatic nitrogens is 3. The molecular formula is C19H23BrIN7O. The summed E-state index contributed by atoms with van der Waals surface area (Å²) in [4.78, 5) is 16.3. The number of fused-ring (bicyclic) bond motifs is 1. The first-order valence-electron chi connectivity index (χ1n) is 8.94. The van der Waals surface area contributed by atoms with Crippen molar-refractivity contribution in [1.82, 2.24) is 30.5 Å². The van der Waals surface area contributed by atoms with E-state index in [1.54, 1.807) is 19.2 Å². The monoisotopic (exact) mass is 571 g/mol. The fourth-order valence-electron chi connectivity index (χ4n) is 2.60. The van der Waals surface area contributed by atoms with Crippen molar-refractivity contribution in [2.75, 3.05) is 20.1 Å². The van der Waals surface area contributed by atoms with Gasteiger partial charge >= 0.3 is 0 Å². The molecule has 0 spiro atoms. The number of guanidine groups is 1. The summed E-state index contributed by atoms with van der Waals surface area (Å²) >= 11 is 3.36. The second-order valence-corrected chi connectivity index (χ2v) is 6.93. The zero-order valence-corrected chi connectivity index (χ0v) is 19.8. The molecule has 0 saturated carbocycles. The van der Waals surface area contributed by atoms with Crippen molar-refractivity contribution < 1.29 is 4.79 Å². The van der Waals surface area contributed by atoms with Gasteiger partial charge in [-0.1, -0.05) is 22.0 Å². The predicted octanol–water partition coefficient (Wildman–Crippen LogP) is 2.59. The van der Waals surface area contributed by atoms with Crippen LogP contribution in [0.15, 0.2) is 58.1 Å². The number of carbonyl (C=O) groups excluding carboxylic acids is 1. The number of amides is 1. The maximum absolute atomic E-state index is 12.1. The molecule has 3 aromatic rings. The summed E-state index contributed by atoms with van der Waals surface area (Å²) in [6.07, 6.45) is 2.70. The molecule has 1 aromatic carbocycles. The molecule has 0 atom stereocenters. The van der Waals surface area contributed by atoms with Crippen LogP contribution in [-0.4, -0.2) is 46.6 Å². The van der Waals surface area contributed by atoms with E-state index in [9.17, 15) is 4.79 Å². The molecule has 2 aromatic heterocycles. The predicted molar refractivity (Wildman–Crippen MR) is 128 cm³/mol. The Morgan fingerprint density at radius 1 is 1.07 bits per heavy atom. The van der Waals surface area contributed by atoms with E-state index < -0.39 is 0 Å². The minimum absolute atomic E-state index is 0. The van der Waals surface area contributed by atoms with Gasteiger partial charge in [-0.3, -0.25) is 14.2 Å². The number of halogens is 2. The standard InChI is InChI=1S/C19H22BrN7O.HI/c1-21-19(24-13-17-26-25-16-5-2-3-12-27(16)17)23-11-4-10-22-18(28)14-6-8-15(20)9-7-14;/h2-3,5-9,12H,4,10-11,13H2,1H3,(H,22,28)(H2,21,23,24);1H. The molecule has 2 heterocycles. The van der Waals surface area contributed by atoms with E-state index >= 15 is 0 Å². The first kappa shape index (κ1) is 23.1. The molecule has 0 radical (unpaired) electrons. The van der Waals surface area contributed by atoms with Gasteiger partial charge < -0.3 is 16.0 Å². The molecule has 0 aliphatic carbocycles. The van der Waals surface area contributed by atoms with Gasteiger partial charge in [0.1, 0.15) is 0 Å². The van der Waals surface area contributed by atoms with Crippen LogP contribution in [0.3, 0.4) is 0 Å². The number of carbonyl (C=O) groups is 1. The minimum Gasteiger partial charge on any atom is -0.356 e. The van der Waals surface area contributed by atoms with E-state index in [0.29, 0.717) is 31.2 Å². The van der Waals surface area contributed by atoms with E-state index in [-0.39, 0.29) is 29.9 Å². The largest absolute Gasteiger partial charge is 0.356 e. The SMILES string of the molecule is CN=C(NCCCNC(=O)c1ccc(Br)cc1)NCc1nnc2ccccn12.I. The summed E-state index contributed by atoms with van der Waals surface area (Å²) in [5.41, 5.74) is 1.46. The van der Waals surface area contributed by atoms with Crippen LogP contribution in [-0.2, 0) is 6.54 Å². The van der Waals surface area contributed by atoms with E-state index in [2.05, 4.69) is 47.1 Å². The van der Waals surface area contributed by atoms with Crippen molar-refractivity contribution in [3.63, 3.8) is 0 Å². The highest BCUT2D eigenvalue weighted by atomic mass is 127. The fourth-order valence-corrected chi connectivity index (χ4v) is 2.86. The smallest absolute Gasteiger partial charge is 0.251 e. The number of nitrogens with zero attached hydrogens (tertiary/aromatic N) is 4. The molecule has 0 saturated heterocycles. The van der Waals surface area contributed by atoms with E-state index in [4.69, 9.17) is 0 Å². The fraction of sp³-hybridized carbons (Fsp3) is 0.263. The van der Waals surface area contributed by atoms with Gasteiger partial charge in [0.2, 0.25) is 0 Å².